The van der Waals surface area contributed by atoms with Crippen molar-refractivity contribution in [1.29, 1.82) is 0 Å². The lowest BCUT2D eigenvalue weighted by Crippen LogP contribution is -2.31. The zero-order chi connectivity index (χ0) is 15.1. The van der Waals surface area contributed by atoms with Gasteiger partial charge in [-0.05, 0) is 37.3 Å². The Morgan fingerprint density at radius 3 is 2.76 bits per heavy atom. The number of rotatable bonds is 7. The standard InChI is InChI=1S/C15H25N3O2S/c1-2-10-16-15-14(9-6-11-17-15)21(19,20)18-12-13-7-4-3-5-8-13/h6,9,11,13,18H,2-5,7-8,10,12H2,1H3,(H,16,17). The molecular formula is C15H25N3O2S. The van der Waals surface area contributed by atoms with Gasteiger partial charge in [0.1, 0.15) is 10.7 Å². The molecule has 0 atom stereocenters. The van der Waals surface area contributed by atoms with Crippen LogP contribution >= 0.6 is 0 Å². The maximum absolute atomic E-state index is 12.5. The normalized spacial score (nSPS) is 16.8. The molecule has 0 aromatic carbocycles. The van der Waals surface area contributed by atoms with Crippen LogP contribution in [0.25, 0.3) is 0 Å². The van der Waals surface area contributed by atoms with Crippen LogP contribution in [0.15, 0.2) is 23.2 Å². The number of aromatic nitrogens is 1. The van der Waals surface area contributed by atoms with Crippen molar-refractivity contribution < 1.29 is 8.42 Å². The SMILES string of the molecule is CCCNc1ncccc1S(=O)(=O)NCC1CCCCC1. The zero-order valence-corrected chi connectivity index (χ0v) is 13.5. The van der Waals surface area contributed by atoms with Gasteiger partial charge in [-0.3, -0.25) is 0 Å². The Labute approximate surface area is 127 Å². The van der Waals surface area contributed by atoms with Crippen molar-refractivity contribution in [3.8, 4) is 0 Å². The van der Waals surface area contributed by atoms with Gasteiger partial charge in [0.15, 0.2) is 0 Å². The van der Waals surface area contributed by atoms with E-state index in [0.717, 1.165) is 19.3 Å². The molecule has 2 N–H and O–H groups in total. The highest BCUT2D eigenvalue weighted by molar-refractivity contribution is 7.89. The number of hydrogen-bond acceptors (Lipinski definition) is 4. The third-order valence-corrected chi connectivity index (χ3v) is 5.34. The van der Waals surface area contributed by atoms with Gasteiger partial charge in [-0.25, -0.2) is 18.1 Å². The van der Waals surface area contributed by atoms with Crippen LogP contribution in [0.5, 0.6) is 0 Å². The summed E-state index contributed by atoms with van der Waals surface area (Å²) in [5.74, 6) is 0.910. The minimum absolute atomic E-state index is 0.245. The molecule has 6 heteroatoms. The van der Waals surface area contributed by atoms with E-state index < -0.39 is 10.0 Å². The molecule has 1 aromatic heterocycles. The fourth-order valence-corrected chi connectivity index (χ4v) is 3.93. The van der Waals surface area contributed by atoms with Crippen LogP contribution < -0.4 is 10.0 Å². The van der Waals surface area contributed by atoms with Crippen molar-refractivity contribution in [3.05, 3.63) is 18.3 Å². The van der Waals surface area contributed by atoms with Crippen molar-refractivity contribution in [2.45, 2.75) is 50.3 Å². The average Bonchev–Trinajstić information content (AvgIpc) is 2.52. The van der Waals surface area contributed by atoms with Gasteiger partial charge in [-0.15, -0.1) is 0 Å². The highest BCUT2D eigenvalue weighted by Gasteiger charge is 2.21. The topological polar surface area (TPSA) is 71.1 Å². The Morgan fingerprint density at radius 1 is 1.29 bits per heavy atom. The molecule has 0 spiro atoms. The number of nitrogens with zero attached hydrogens (tertiary/aromatic N) is 1. The molecule has 5 nitrogen and oxygen atoms in total. The number of sulfonamides is 1. The number of nitrogens with one attached hydrogen (secondary N) is 2. The summed E-state index contributed by atoms with van der Waals surface area (Å²) < 4.78 is 27.7. The minimum Gasteiger partial charge on any atom is -0.369 e. The van der Waals surface area contributed by atoms with E-state index in [1.807, 2.05) is 6.92 Å². The second-order valence-corrected chi connectivity index (χ2v) is 7.37. The second kappa shape index (κ2) is 7.75. The van der Waals surface area contributed by atoms with E-state index in [1.54, 1.807) is 18.3 Å². The maximum Gasteiger partial charge on any atom is 0.244 e. The minimum atomic E-state index is -3.50. The smallest absolute Gasteiger partial charge is 0.244 e. The zero-order valence-electron chi connectivity index (χ0n) is 12.6. The molecule has 21 heavy (non-hydrogen) atoms. The predicted molar refractivity (Wildman–Crippen MR) is 84.8 cm³/mol. The van der Waals surface area contributed by atoms with Crippen molar-refractivity contribution >= 4 is 15.8 Å². The number of pyridine rings is 1. The monoisotopic (exact) mass is 311 g/mol. The van der Waals surface area contributed by atoms with Crippen LogP contribution in [0.3, 0.4) is 0 Å². The van der Waals surface area contributed by atoms with E-state index in [9.17, 15) is 8.42 Å². The summed E-state index contributed by atoms with van der Waals surface area (Å²) in [5, 5.41) is 3.08. The van der Waals surface area contributed by atoms with Crippen molar-refractivity contribution in [2.24, 2.45) is 5.92 Å². The van der Waals surface area contributed by atoms with E-state index in [-0.39, 0.29) is 4.90 Å². The van der Waals surface area contributed by atoms with E-state index >= 15 is 0 Å². The Hall–Kier alpha value is -1.14. The molecule has 0 unspecified atom stereocenters. The Kier molecular flexibility index (Phi) is 5.99. The highest BCUT2D eigenvalue weighted by Crippen LogP contribution is 2.24. The van der Waals surface area contributed by atoms with Gasteiger partial charge in [-0.1, -0.05) is 26.2 Å². The molecule has 1 aliphatic carbocycles. The number of hydrogen-bond donors (Lipinski definition) is 2. The first-order chi connectivity index (χ1) is 10.1. The van der Waals surface area contributed by atoms with E-state index in [0.29, 0.717) is 24.8 Å². The van der Waals surface area contributed by atoms with Crippen LogP contribution in [-0.2, 0) is 10.0 Å². The molecular weight excluding hydrogens is 286 g/mol. The molecule has 2 rings (SSSR count). The highest BCUT2D eigenvalue weighted by atomic mass is 32.2. The van der Waals surface area contributed by atoms with Crippen LogP contribution in [0, 0.1) is 5.92 Å². The third kappa shape index (κ3) is 4.68. The molecule has 0 amide bonds. The molecule has 0 saturated heterocycles. The van der Waals surface area contributed by atoms with Crippen molar-refractivity contribution in [3.63, 3.8) is 0 Å². The molecule has 1 aliphatic rings. The van der Waals surface area contributed by atoms with E-state index in [2.05, 4.69) is 15.0 Å². The molecule has 0 radical (unpaired) electrons. The van der Waals surface area contributed by atoms with Gasteiger partial charge in [0.05, 0.1) is 0 Å². The summed E-state index contributed by atoms with van der Waals surface area (Å²) >= 11 is 0. The molecule has 1 saturated carbocycles. The molecule has 0 aliphatic heterocycles. The summed E-state index contributed by atoms with van der Waals surface area (Å²) in [6, 6.07) is 3.26. The van der Waals surface area contributed by atoms with Crippen LogP contribution in [0.1, 0.15) is 45.4 Å². The number of anilines is 1. The summed E-state index contributed by atoms with van der Waals surface area (Å²) in [6.45, 7) is 3.28. The van der Waals surface area contributed by atoms with Gasteiger partial charge in [-0.2, -0.15) is 0 Å². The lowest BCUT2D eigenvalue weighted by molar-refractivity contribution is 0.357. The fraction of sp³-hybridized carbons (Fsp3) is 0.667. The van der Waals surface area contributed by atoms with Gasteiger partial charge in [0, 0.05) is 19.3 Å². The quantitative estimate of drug-likeness (QED) is 0.812. The fourth-order valence-electron chi connectivity index (χ4n) is 2.68. The lowest BCUT2D eigenvalue weighted by atomic mass is 9.90. The second-order valence-electron chi connectivity index (χ2n) is 5.63. The molecule has 1 heterocycles. The Balaban J connectivity index is 2.04. The molecule has 118 valence electrons. The van der Waals surface area contributed by atoms with Gasteiger partial charge in [0.25, 0.3) is 0 Å². The van der Waals surface area contributed by atoms with Crippen molar-refractivity contribution in [2.75, 3.05) is 18.4 Å². The Morgan fingerprint density at radius 2 is 2.05 bits per heavy atom. The van der Waals surface area contributed by atoms with E-state index in [4.69, 9.17) is 0 Å². The lowest BCUT2D eigenvalue weighted by Gasteiger charge is -2.22. The van der Waals surface area contributed by atoms with Crippen LogP contribution in [-0.4, -0.2) is 26.5 Å². The van der Waals surface area contributed by atoms with E-state index in [1.165, 1.54) is 19.3 Å². The summed E-state index contributed by atoms with van der Waals surface area (Å²) in [6.07, 6.45) is 8.47. The first kappa shape index (κ1) is 16.2. The predicted octanol–water partition coefficient (Wildman–Crippen LogP) is 2.76. The molecule has 1 aromatic rings. The maximum atomic E-state index is 12.5. The van der Waals surface area contributed by atoms with Gasteiger partial charge < -0.3 is 5.32 Å². The summed E-state index contributed by atoms with van der Waals surface area (Å²) in [7, 11) is -3.50. The molecule has 0 bridgehead atoms. The first-order valence-corrected chi connectivity index (χ1v) is 9.30. The van der Waals surface area contributed by atoms with Crippen molar-refractivity contribution in [1.82, 2.24) is 9.71 Å². The Bertz CT molecular complexity index is 540. The first-order valence-electron chi connectivity index (χ1n) is 7.82. The van der Waals surface area contributed by atoms with Gasteiger partial charge >= 0.3 is 0 Å². The molecule has 1 fully saturated rings. The van der Waals surface area contributed by atoms with Crippen LogP contribution in [0.2, 0.25) is 0 Å². The largest absolute Gasteiger partial charge is 0.369 e. The van der Waals surface area contributed by atoms with Crippen LogP contribution in [0.4, 0.5) is 5.82 Å². The third-order valence-electron chi connectivity index (χ3n) is 3.89. The summed E-state index contributed by atoms with van der Waals surface area (Å²) in [5.41, 5.74) is 0. The average molecular weight is 311 g/mol. The van der Waals surface area contributed by atoms with Gasteiger partial charge in [0.2, 0.25) is 10.0 Å². The summed E-state index contributed by atoms with van der Waals surface area (Å²) in [4.78, 5) is 4.39.